The minimum absolute atomic E-state index is 0.00738. The summed E-state index contributed by atoms with van der Waals surface area (Å²) in [6.45, 7) is 2.03. The molecule has 0 unspecified atom stereocenters. The lowest BCUT2D eigenvalue weighted by Crippen LogP contribution is -2.35. The van der Waals surface area contributed by atoms with E-state index in [1.165, 1.54) is 4.90 Å². The molecule has 0 spiro atoms. The van der Waals surface area contributed by atoms with Crippen LogP contribution in [0.4, 0.5) is 0 Å². The highest BCUT2D eigenvalue weighted by atomic mass is 79.9. The maximum absolute atomic E-state index is 12.0. The zero-order chi connectivity index (χ0) is 13.0. The molecule has 92 valence electrons. The summed E-state index contributed by atoms with van der Waals surface area (Å²) in [5.41, 5.74) is 6.95. The van der Waals surface area contributed by atoms with Gasteiger partial charge in [0.25, 0.3) is 5.91 Å². The molecule has 5 nitrogen and oxygen atoms in total. The van der Waals surface area contributed by atoms with E-state index in [4.69, 9.17) is 10.9 Å². The van der Waals surface area contributed by atoms with Crippen LogP contribution in [0.5, 0.6) is 0 Å². The van der Waals surface area contributed by atoms with E-state index in [-0.39, 0.29) is 18.3 Å². The van der Waals surface area contributed by atoms with Crippen LogP contribution in [-0.2, 0) is 0 Å². The summed E-state index contributed by atoms with van der Waals surface area (Å²) in [5, 5.41) is 11.3. The minimum atomic E-state index is -0.183. The molecular weight excluding hydrogens is 286 g/mol. The maximum atomic E-state index is 12.0. The molecule has 0 bridgehead atoms. The zero-order valence-electron chi connectivity index (χ0n) is 9.64. The molecule has 0 atom stereocenters. The molecule has 0 aliphatic heterocycles. The average Bonchev–Trinajstić information content (AvgIpc) is 2.31. The zero-order valence-corrected chi connectivity index (χ0v) is 11.2. The van der Waals surface area contributed by atoms with Gasteiger partial charge < -0.3 is 15.8 Å². The number of nitrogens with zero attached hydrogens (tertiary/aromatic N) is 2. The van der Waals surface area contributed by atoms with Crippen LogP contribution in [0.25, 0.3) is 0 Å². The topological polar surface area (TPSA) is 78.9 Å². The Balaban J connectivity index is 2.85. The van der Waals surface area contributed by atoms with E-state index in [9.17, 15) is 4.79 Å². The molecule has 0 aliphatic carbocycles. The smallest absolute Gasteiger partial charge is 0.254 e. The third kappa shape index (κ3) is 3.45. The molecule has 1 rings (SSSR count). The van der Waals surface area contributed by atoms with Crippen molar-refractivity contribution >= 4 is 27.7 Å². The van der Waals surface area contributed by atoms with Gasteiger partial charge in [0.05, 0.1) is 6.54 Å². The number of carbonyl (C=O) groups is 1. The van der Waals surface area contributed by atoms with E-state index in [0.29, 0.717) is 5.56 Å². The normalized spacial score (nSPS) is 11.4. The van der Waals surface area contributed by atoms with Crippen molar-refractivity contribution in [2.24, 2.45) is 10.9 Å². The van der Waals surface area contributed by atoms with Crippen molar-refractivity contribution in [3.8, 4) is 0 Å². The molecule has 0 saturated carbocycles. The number of likely N-dealkylation sites (N-methyl/N-ethyl adjacent to an activating group) is 1. The number of rotatable bonds is 3. The van der Waals surface area contributed by atoms with Crippen LogP contribution in [0.1, 0.15) is 15.9 Å². The SMILES string of the molecule is Cc1ccc(C(=O)N(C)C/C(N)=N/O)cc1Br. The van der Waals surface area contributed by atoms with E-state index in [1.807, 2.05) is 13.0 Å². The molecule has 1 aromatic rings. The second-order valence-corrected chi connectivity index (χ2v) is 4.57. The van der Waals surface area contributed by atoms with Crippen LogP contribution in [0.2, 0.25) is 0 Å². The number of carbonyl (C=O) groups excluding carboxylic acids is 1. The summed E-state index contributed by atoms with van der Waals surface area (Å²) >= 11 is 3.37. The molecule has 0 fully saturated rings. The van der Waals surface area contributed by atoms with Crippen molar-refractivity contribution in [1.82, 2.24) is 4.90 Å². The Bertz CT molecular complexity index is 460. The van der Waals surface area contributed by atoms with Crippen LogP contribution in [0, 0.1) is 6.92 Å². The van der Waals surface area contributed by atoms with Gasteiger partial charge in [-0.2, -0.15) is 0 Å². The van der Waals surface area contributed by atoms with Gasteiger partial charge in [-0.15, -0.1) is 0 Å². The molecule has 3 N–H and O–H groups in total. The van der Waals surface area contributed by atoms with Crippen LogP contribution in [0.15, 0.2) is 27.8 Å². The Morgan fingerprint density at radius 3 is 2.76 bits per heavy atom. The van der Waals surface area contributed by atoms with Gasteiger partial charge in [-0.05, 0) is 24.6 Å². The molecule has 0 heterocycles. The second-order valence-electron chi connectivity index (χ2n) is 3.72. The number of hydrogen-bond acceptors (Lipinski definition) is 3. The summed E-state index contributed by atoms with van der Waals surface area (Å²) < 4.78 is 0.876. The first-order valence-corrected chi connectivity index (χ1v) is 5.73. The van der Waals surface area contributed by atoms with Crippen LogP contribution in [0.3, 0.4) is 0 Å². The highest BCUT2D eigenvalue weighted by Gasteiger charge is 2.13. The molecule has 17 heavy (non-hydrogen) atoms. The van der Waals surface area contributed by atoms with Gasteiger partial charge in [0.1, 0.15) is 0 Å². The summed E-state index contributed by atoms with van der Waals surface area (Å²) in [4.78, 5) is 13.4. The Labute approximate surface area is 108 Å². The van der Waals surface area contributed by atoms with Crippen LogP contribution >= 0.6 is 15.9 Å². The van der Waals surface area contributed by atoms with E-state index < -0.39 is 0 Å². The largest absolute Gasteiger partial charge is 0.409 e. The molecule has 0 radical (unpaired) electrons. The lowest BCUT2D eigenvalue weighted by molar-refractivity contribution is 0.0813. The third-order valence-electron chi connectivity index (χ3n) is 2.29. The molecule has 1 aromatic carbocycles. The first-order valence-electron chi connectivity index (χ1n) is 4.93. The first kappa shape index (κ1) is 13.5. The third-order valence-corrected chi connectivity index (χ3v) is 3.15. The summed E-state index contributed by atoms with van der Waals surface area (Å²) in [7, 11) is 1.59. The van der Waals surface area contributed by atoms with Crippen LogP contribution in [-0.4, -0.2) is 35.4 Å². The van der Waals surface area contributed by atoms with Gasteiger partial charge in [0.2, 0.25) is 0 Å². The molecule has 1 amide bonds. The van der Waals surface area contributed by atoms with E-state index >= 15 is 0 Å². The van der Waals surface area contributed by atoms with E-state index in [2.05, 4.69) is 21.1 Å². The fourth-order valence-electron chi connectivity index (χ4n) is 1.29. The summed E-state index contributed by atoms with van der Waals surface area (Å²) in [6.07, 6.45) is 0. The predicted molar refractivity (Wildman–Crippen MR) is 69.2 cm³/mol. The van der Waals surface area contributed by atoms with Gasteiger partial charge >= 0.3 is 0 Å². The molecule has 0 aliphatic rings. The number of amidine groups is 1. The van der Waals surface area contributed by atoms with Gasteiger partial charge in [0.15, 0.2) is 5.84 Å². The van der Waals surface area contributed by atoms with Crippen molar-refractivity contribution in [3.05, 3.63) is 33.8 Å². The van der Waals surface area contributed by atoms with Crippen molar-refractivity contribution in [2.75, 3.05) is 13.6 Å². The van der Waals surface area contributed by atoms with E-state index in [1.54, 1.807) is 19.2 Å². The molecule has 0 aromatic heterocycles. The van der Waals surface area contributed by atoms with E-state index in [0.717, 1.165) is 10.0 Å². The fraction of sp³-hybridized carbons (Fsp3) is 0.273. The second kappa shape index (κ2) is 5.67. The number of oxime groups is 1. The predicted octanol–water partition coefficient (Wildman–Crippen LogP) is 1.58. The number of hydrogen-bond donors (Lipinski definition) is 2. The number of halogens is 1. The maximum Gasteiger partial charge on any atom is 0.254 e. The summed E-state index contributed by atoms with van der Waals surface area (Å²) in [6, 6.07) is 5.35. The fourth-order valence-corrected chi connectivity index (χ4v) is 1.67. The molecule has 0 saturated heterocycles. The highest BCUT2D eigenvalue weighted by Crippen LogP contribution is 2.18. The van der Waals surface area contributed by atoms with Gasteiger partial charge in [0, 0.05) is 17.1 Å². The van der Waals surface area contributed by atoms with Gasteiger partial charge in [-0.1, -0.05) is 27.2 Å². The van der Waals surface area contributed by atoms with Crippen LogP contribution < -0.4 is 5.73 Å². The Morgan fingerprint density at radius 2 is 2.24 bits per heavy atom. The summed E-state index contributed by atoms with van der Waals surface area (Å²) in [5.74, 6) is -0.190. The van der Waals surface area contributed by atoms with Crippen molar-refractivity contribution in [1.29, 1.82) is 0 Å². The number of aryl methyl sites for hydroxylation is 1. The van der Waals surface area contributed by atoms with Gasteiger partial charge in [-0.25, -0.2) is 0 Å². The Morgan fingerprint density at radius 1 is 1.59 bits per heavy atom. The Hall–Kier alpha value is -1.56. The van der Waals surface area contributed by atoms with Crippen molar-refractivity contribution in [3.63, 3.8) is 0 Å². The molecule has 6 heteroatoms. The number of nitrogens with two attached hydrogens (primary N) is 1. The minimum Gasteiger partial charge on any atom is -0.409 e. The quantitative estimate of drug-likeness (QED) is 0.385. The number of benzene rings is 1. The highest BCUT2D eigenvalue weighted by molar-refractivity contribution is 9.10. The standard InChI is InChI=1S/C11H14BrN3O2/c1-7-3-4-8(5-9(7)12)11(16)15(2)6-10(13)14-17/h3-5,17H,6H2,1-2H3,(H2,13,14). The van der Waals surface area contributed by atoms with Gasteiger partial charge in [-0.3, -0.25) is 4.79 Å². The lowest BCUT2D eigenvalue weighted by Gasteiger charge is -2.16. The van der Waals surface area contributed by atoms with Crippen molar-refractivity contribution in [2.45, 2.75) is 6.92 Å². The average molecular weight is 300 g/mol. The number of amides is 1. The monoisotopic (exact) mass is 299 g/mol. The first-order chi connectivity index (χ1) is 7.95. The Kier molecular flexibility index (Phi) is 4.51. The lowest BCUT2D eigenvalue weighted by atomic mass is 10.1. The van der Waals surface area contributed by atoms with Crippen molar-refractivity contribution < 1.29 is 10.0 Å². The molecular formula is C11H14BrN3O2.